The second-order valence-corrected chi connectivity index (χ2v) is 18.7. The second-order valence-electron chi connectivity index (χ2n) is 18.7. The molecule has 0 atom stereocenters. The van der Waals surface area contributed by atoms with Gasteiger partial charge in [-0.25, -0.2) is 0 Å². The lowest BCUT2D eigenvalue weighted by Crippen LogP contribution is -2.28. The molecule has 0 saturated heterocycles. The van der Waals surface area contributed by atoms with Crippen molar-refractivity contribution >= 4 is 60.5 Å². The minimum Gasteiger partial charge on any atom is -0.310 e. The van der Waals surface area contributed by atoms with Crippen LogP contribution in [0.15, 0.2) is 273 Å². The van der Waals surface area contributed by atoms with Crippen molar-refractivity contribution < 1.29 is 0 Å². The predicted molar refractivity (Wildman–Crippen MR) is 296 cm³/mol. The maximum atomic E-state index is 4.91. The Morgan fingerprint density at radius 3 is 1.73 bits per heavy atom. The third-order valence-electron chi connectivity index (χ3n) is 14.9. The Bertz CT molecular complexity index is 4130. The fraction of sp³-hybridized carbons (Fsp3) is 0.0147. The predicted octanol–water partition coefficient (Wildman–Crippen LogP) is 17.7. The van der Waals surface area contributed by atoms with Gasteiger partial charge >= 0.3 is 0 Å². The van der Waals surface area contributed by atoms with E-state index in [0.717, 1.165) is 55.6 Å². The summed E-state index contributed by atoms with van der Waals surface area (Å²) in [7, 11) is 0. The van der Waals surface area contributed by atoms with Gasteiger partial charge in [0.1, 0.15) is 0 Å². The summed E-state index contributed by atoms with van der Waals surface area (Å²) >= 11 is 0. The molecule has 0 amide bonds. The van der Waals surface area contributed by atoms with Gasteiger partial charge in [-0.2, -0.15) is 0 Å². The van der Waals surface area contributed by atoms with E-state index in [1.165, 1.54) is 66.3 Å². The lowest BCUT2D eigenvalue weighted by molar-refractivity contribution is 0.767. The second kappa shape index (κ2) is 16.4. The van der Waals surface area contributed by atoms with Crippen molar-refractivity contribution in [1.82, 2.24) is 9.55 Å². The molecule has 2 aromatic heterocycles. The van der Waals surface area contributed by atoms with Crippen LogP contribution in [0.5, 0.6) is 0 Å². The van der Waals surface area contributed by atoms with Crippen LogP contribution >= 0.6 is 0 Å². The van der Waals surface area contributed by atoms with Crippen LogP contribution in [-0.2, 0) is 5.41 Å². The third kappa shape index (κ3) is 6.40. The number of para-hydroxylation sites is 2. The van der Waals surface area contributed by atoms with E-state index in [-0.39, 0.29) is 0 Å². The monoisotopic (exact) mass is 903 g/mol. The smallest absolute Gasteiger partial charge is 0.0801 e. The Morgan fingerprint density at radius 2 is 0.944 bits per heavy atom. The van der Waals surface area contributed by atoms with Crippen LogP contribution in [0.25, 0.3) is 82.5 Å². The van der Waals surface area contributed by atoms with Gasteiger partial charge in [0.15, 0.2) is 0 Å². The van der Waals surface area contributed by atoms with Crippen molar-refractivity contribution in [3.05, 3.63) is 295 Å². The molecule has 0 aliphatic heterocycles. The molecule has 0 saturated carbocycles. The maximum absolute atomic E-state index is 4.91. The van der Waals surface area contributed by atoms with Gasteiger partial charge in [-0.15, -0.1) is 0 Å². The molecule has 0 bridgehead atoms. The van der Waals surface area contributed by atoms with Crippen molar-refractivity contribution in [2.45, 2.75) is 5.41 Å². The average Bonchev–Trinajstić information content (AvgIpc) is 3.95. The van der Waals surface area contributed by atoms with Gasteiger partial charge in [0.05, 0.1) is 27.7 Å². The van der Waals surface area contributed by atoms with E-state index in [4.69, 9.17) is 4.98 Å². The minimum absolute atomic E-state index is 0.483. The van der Waals surface area contributed by atoms with Crippen LogP contribution in [0.2, 0.25) is 0 Å². The summed E-state index contributed by atoms with van der Waals surface area (Å²) in [6.45, 7) is 0. The van der Waals surface area contributed by atoms with Crippen LogP contribution in [0, 0.1) is 0 Å². The van der Waals surface area contributed by atoms with Crippen LogP contribution < -0.4 is 4.90 Å². The molecule has 1 aliphatic carbocycles. The number of rotatable bonds is 8. The highest BCUT2D eigenvalue weighted by Crippen LogP contribution is 2.56. The molecule has 0 radical (unpaired) electrons. The van der Waals surface area contributed by atoms with Gasteiger partial charge in [-0.3, -0.25) is 4.98 Å². The molecule has 1 aliphatic rings. The van der Waals surface area contributed by atoms with Gasteiger partial charge in [0, 0.05) is 44.8 Å². The molecule has 14 rings (SSSR count). The quantitative estimate of drug-likeness (QED) is 0.142. The Hall–Kier alpha value is -9.31. The van der Waals surface area contributed by atoms with Gasteiger partial charge in [-0.1, -0.05) is 188 Å². The first-order chi connectivity index (χ1) is 35.2. The minimum atomic E-state index is -0.483. The molecule has 0 fully saturated rings. The van der Waals surface area contributed by atoms with Crippen molar-refractivity contribution in [2.24, 2.45) is 0 Å². The average molecular weight is 904 g/mol. The van der Waals surface area contributed by atoms with Gasteiger partial charge in [0.25, 0.3) is 0 Å². The normalized spacial score (nSPS) is 12.6. The van der Waals surface area contributed by atoms with E-state index in [2.05, 4.69) is 270 Å². The van der Waals surface area contributed by atoms with Crippen molar-refractivity contribution in [3.8, 4) is 39.1 Å². The summed E-state index contributed by atoms with van der Waals surface area (Å²) in [5.74, 6) is 0. The van der Waals surface area contributed by atoms with Crippen LogP contribution in [0.3, 0.4) is 0 Å². The zero-order valence-corrected chi connectivity index (χ0v) is 38.8. The summed E-state index contributed by atoms with van der Waals surface area (Å²) in [6, 6.07) is 97.8. The number of anilines is 3. The molecule has 2 heterocycles. The Labute approximate surface area is 412 Å². The van der Waals surface area contributed by atoms with Crippen LogP contribution in [0.1, 0.15) is 22.3 Å². The lowest BCUT2D eigenvalue weighted by atomic mass is 9.67. The van der Waals surface area contributed by atoms with E-state index in [0.29, 0.717) is 0 Å². The highest BCUT2D eigenvalue weighted by molar-refractivity contribution is 6.13. The molecule has 13 aromatic rings. The largest absolute Gasteiger partial charge is 0.310 e. The summed E-state index contributed by atoms with van der Waals surface area (Å²) in [5, 5.41) is 5.86. The highest BCUT2D eigenvalue weighted by Gasteiger charge is 2.46. The van der Waals surface area contributed by atoms with Crippen LogP contribution in [-0.4, -0.2) is 9.55 Å². The zero-order chi connectivity index (χ0) is 46.9. The third-order valence-corrected chi connectivity index (χ3v) is 14.9. The van der Waals surface area contributed by atoms with E-state index in [1.54, 1.807) is 0 Å². The Balaban J connectivity index is 0.884. The Kier molecular flexibility index (Phi) is 9.43. The molecule has 0 spiro atoms. The van der Waals surface area contributed by atoms with E-state index < -0.39 is 5.41 Å². The number of fused-ring (bicyclic) bond motifs is 9. The number of pyridine rings is 1. The molecule has 71 heavy (non-hydrogen) atoms. The van der Waals surface area contributed by atoms with Gasteiger partial charge in [-0.05, 0) is 140 Å². The SMILES string of the molecule is c1ccc(N(c2cccc(-c3cccc(-c4ccc5c(c4)c4ccccc4n5-c4ccc5c(c4)C(c4ccccc4)(c4ccccc4)c4ccccc4-5)c3)c2)c2cc3ccccc3c3ncccc23)cc1. The summed E-state index contributed by atoms with van der Waals surface area (Å²) < 4.78 is 2.47. The molecule has 3 heteroatoms. The molecule has 0 N–H and O–H groups in total. The number of benzene rings is 11. The van der Waals surface area contributed by atoms with Crippen molar-refractivity contribution in [2.75, 3.05) is 4.90 Å². The molecule has 11 aromatic carbocycles. The first-order valence-electron chi connectivity index (χ1n) is 24.4. The van der Waals surface area contributed by atoms with Gasteiger partial charge < -0.3 is 9.47 Å². The van der Waals surface area contributed by atoms with E-state index >= 15 is 0 Å². The molecular weight excluding hydrogens is 859 g/mol. The first kappa shape index (κ1) is 40.7. The fourth-order valence-electron chi connectivity index (χ4n) is 11.8. The first-order valence-corrected chi connectivity index (χ1v) is 24.4. The fourth-order valence-corrected chi connectivity index (χ4v) is 11.8. The van der Waals surface area contributed by atoms with Crippen molar-refractivity contribution in [3.63, 3.8) is 0 Å². The molecule has 3 nitrogen and oxygen atoms in total. The number of hydrogen-bond donors (Lipinski definition) is 0. The lowest BCUT2D eigenvalue weighted by Gasteiger charge is -2.34. The zero-order valence-electron chi connectivity index (χ0n) is 38.8. The maximum Gasteiger partial charge on any atom is 0.0801 e. The molecule has 332 valence electrons. The van der Waals surface area contributed by atoms with E-state index in [1.807, 2.05) is 12.3 Å². The van der Waals surface area contributed by atoms with Crippen molar-refractivity contribution in [1.29, 1.82) is 0 Å². The molecule has 0 unspecified atom stereocenters. The highest BCUT2D eigenvalue weighted by atomic mass is 15.1. The summed E-state index contributed by atoms with van der Waals surface area (Å²) in [6.07, 6.45) is 1.89. The summed E-state index contributed by atoms with van der Waals surface area (Å²) in [4.78, 5) is 7.28. The molecular formula is C68H45N3. The number of hydrogen-bond acceptors (Lipinski definition) is 2. The Morgan fingerprint density at radius 1 is 0.352 bits per heavy atom. The number of nitrogens with zero attached hydrogens (tertiary/aromatic N) is 3. The van der Waals surface area contributed by atoms with Crippen LogP contribution in [0.4, 0.5) is 17.1 Å². The standard InChI is InChI=1S/C68H45N3/c1-4-23-51(24-5-1)68(52-25-6-2-7-26-52)62-34-14-12-31-57(62)58-38-37-55(45-63(58)68)71-64-35-15-13-32-59(64)61-43-49(36-39-65(61)71)47-21-16-20-46(41-47)48-22-17-29-54(42-48)70(53-27-8-3-9-28-53)66-44-50-19-10-11-30-56(50)67-60(66)33-18-40-69-67/h1-45H. The van der Waals surface area contributed by atoms with Gasteiger partial charge in [0.2, 0.25) is 0 Å². The number of aromatic nitrogens is 2. The van der Waals surface area contributed by atoms with E-state index in [9.17, 15) is 0 Å². The topological polar surface area (TPSA) is 21.1 Å². The summed E-state index contributed by atoms with van der Waals surface area (Å²) in [5.41, 5.74) is 19.6.